The number of ether oxygens (including phenoxy) is 2. The fraction of sp³-hybridized carbons (Fsp3) is 0.474. The van der Waals surface area contributed by atoms with E-state index in [9.17, 15) is 0 Å². The van der Waals surface area contributed by atoms with Crippen LogP contribution in [0.5, 0.6) is 11.5 Å². The number of methoxy groups -OCH3 is 2. The number of nitrogens with zero attached hydrogens (tertiary/aromatic N) is 2. The second-order valence-electron chi connectivity index (χ2n) is 6.86. The summed E-state index contributed by atoms with van der Waals surface area (Å²) in [6.45, 7) is 7.79. The van der Waals surface area contributed by atoms with Crippen molar-refractivity contribution >= 4 is 41.3 Å². The van der Waals surface area contributed by atoms with Crippen molar-refractivity contribution < 1.29 is 9.47 Å². The molecule has 150 valence electrons. The predicted molar refractivity (Wildman–Crippen MR) is 123 cm³/mol. The van der Waals surface area contributed by atoms with Crippen molar-refractivity contribution in [3.63, 3.8) is 0 Å². The standard InChI is InChI=1S/C19H28N4O2S.HI/c1-19(2,3)17-23-14(12-26-17)11-22-18(20-4)21-10-13-7-8-15(24-5)16(9-13)25-6;/h7-9,12H,10-11H2,1-6H3,(H2,20,21,22);1H. The summed E-state index contributed by atoms with van der Waals surface area (Å²) in [5, 5.41) is 9.83. The van der Waals surface area contributed by atoms with Crippen LogP contribution < -0.4 is 20.1 Å². The molecular formula is C19H29IN4O2S. The van der Waals surface area contributed by atoms with E-state index in [1.807, 2.05) is 18.2 Å². The maximum atomic E-state index is 5.34. The summed E-state index contributed by atoms with van der Waals surface area (Å²) in [4.78, 5) is 8.95. The van der Waals surface area contributed by atoms with Crippen LogP contribution in [0, 0.1) is 0 Å². The molecule has 0 saturated carbocycles. The molecule has 1 aromatic heterocycles. The third kappa shape index (κ3) is 6.84. The van der Waals surface area contributed by atoms with Crippen LogP contribution in [-0.2, 0) is 18.5 Å². The normalized spacial score (nSPS) is 11.6. The smallest absolute Gasteiger partial charge is 0.191 e. The number of aliphatic imine (C=N–C) groups is 1. The first-order chi connectivity index (χ1) is 12.4. The summed E-state index contributed by atoms with van der Waals surface area (Å²) in [7, 11) is 5.02. The maximum Gasteiger partial charge on any atom is 0.191 e. The Morgan fingerprint density at radius 1 is 1.11 bits per heavy atom. The highest BCUT2D eigenvalue weighted by Gasteiger charge is 2.17. The molecule has 0 spiro atoms. The molecule has 0 aliphatic heterocycles. The topological polar surface area (TPSA) is 67.8 Å². The van der Waals surface area contributed by atoms with Gasteiger partial charge in [0.15, 0.2) is 17.5 Å². The summed E-state index contributed by atoms with van der Waals surface area (Å²) in [5.74, 6) is 2.16. The van der Waals surface area contributed by atoms with Gasteiger partial charge in [0.05, 0.1) is 31.5 Å². The van der Waals surface area contributed by atoms with Gasteiger partial charge in [-0.2, -0.15) is 0 Å². The number of rotatable bonds is 6. The number of guanidine groups is 1. The minimum absolute atomic E-state index is 0. The number of halogens is 1. The second-order valence-corrected chi connectivity index (χ2v) is 7.72. The molecule has 6 nitrogen and oxygen atoms in total. The van der Waals surface area contributed by atoms with Gasteiger partial charge in [0, 0.05) is 24.4 Å². The van der Waals surface area contributed by atoms with Crippen LogP contribution in [-0.4, -0.2) is 32.2 Å². The van der Waals surface area contributed by atoms with Gasteiger partial charge < -0.3 is 20.1 Å². The molecule has 2 rings (SSSR count). The van der Waals surface area contributed by atoms with E-state index >= 15 is 0 Å². The lowest BCUT2D eigenvalue weighted by molar-refractivity contribution is 0.354. The molecule has 0 unspecified atom stereocenters. The number of nitrogens with one attached hydrogen (secondary N) is 2. The van der Waals surface area contributed by atoms with Gasteiger partial charge in [-0.05, 0) is 17.7 Å². The quantitative estimate of drug-likeness (QED) is 0.355. The molecule has 0 atom stereocenters. The molecule has 2 aromatic rings. The molecule has 0 saturated heterocycles. The Labute approximate surface area is 182 Å². The summed E-state index contributed by atoms with van der Waals surface area (Å²) in [6.07, 6.45) is 0. The first-order valence-electron chi connectivity index (χ1n) is 8.47. The lowest BCUT2D eigenvalue weighted by atomic mass is 9.98. The Kier molecular flexibility index (Phi) is 9.31. The Morgan fingerprint density at radius 3 is 2.33 bits per heavy atom. The van der Waals surface area contributed by atoms with Crippen LogP contribution in [0.15, 0.2) is 28.6 Å². The van der Waals surface area contributed by atoms with E-state index in [4.69, 9.17) is 14.5 Å². The van der Waals surface area contributed by atoms with Crippen LogP contribution in [0.2, 0.25) is 0 Å². The Hall–Kier alpha value is -1.55. The summed E-state index contributed by atoms with van der Waals surface area (Å²) >= 11 is 1.70. The van der Waals surface area contributed by atoms with Gasteiger partial charge in [0.1, 0.15) is 0 Å². The average Bonchev–Trinajstić information content (AvgIpc) is 3.11. The first-order valence-corrected chi connectivity index (χ1v) is 9.35. The van der Waals surface area contributed by atoms with E-state index in [1.165, 1.54) is 0 Å². The lowest BCUT2D eigenvalue weighted by Crippen LogP contribution is -2.36. The van der Waals surface area contributed by atoms with E-state index in [-0.39, 0.29) is 29.4 Å². The summed E-state index contributed by atoms with van der Waals surface area (Å²) in [6, 6.07) is 5.85. The van der Waals surface area contributed by atoms with Crippen LogP contribution >= 0.6 is 35.3 Å². The second kappa shape index (κ2) is 10.7. The molecule has 27 heavy (non-hydrogen) atoms. The number of benzene rings is 1. The van der Waals surface area contributed by atoms with E-state index in [1.54, 1.807) is 32.6 Å². The van der Waals surface area contributed by atoms with Gasteiger partial charge in [-0.15, -0.1) is 35.3 Å². The number of thiazole rings is 1. The van der Waals surface area contributed by atoms with Crippen molar-refractivity contribution in [3.8, 4) is 11.5 Å². The third-order valence-electron chi connectivity index (χ3n) is 3.76. The van der Waals surface area contributed by atoms with Gasteiger partial charge >= 0.3 is 0 Å². The summed E-state index contributed by atoms with van der Waals surface area (Å²) in [5.41, 5.74) is 2.18. The van der Waals surface area contributed by atoms with Crippen molar-refractivity contribution in [2.24, 2.45) is 4.99 Å². The van der Waals surface area contributed by atoms with Crippen LogP contribution in [0.25, 0.3) is 0 Å². The van der Waals surface area contributed by atoms with Gasteiger partial charge in [-0.25, -0.2) is 4.98 Å². The SMILES string of the molecule is CN=C(NCc1ccc(OC)c(OC)c1)NCc1csc(C(C)(C)C)n1.I. The molecule has 1 heterocycles. The fourth-order valence-corrected chi connectivity index (χ4v) is 3.21. The van der Waals surface area contributed by atoms with Crippen molar-refractivity contribution in [1.29, 1.82) is 0 Å². The van der Waals surface area contributed by atoms with Crippen LogP contribution in [0.3, 0.4) is 0 Å². The zero-order valence-corrected chi connectivity index (χ0v) is 19.9. The monoisotopic (exact) mass is 504 g/mol. The largest absolute Gasteiger partial charge is 0.493 e. The Bertz CT molecular complexity index is 756. The molecule has 2 N–H and O–H groups in total. The molecule has 0 amide bonds. The average molecular weight is 504 g/mol. The van der Waals surface area contributed by atoms with E-state index in [0.717, 1.165) is 28.0 Å². The number of aromatic nitrogens is 1. The molecular weight excluding hydrogens is 475 g/mol. The molecule has 1 aromatic carbocycles. The molecule has 0 aliphatic rings. The number of hydrogen-bond acceptors (Lipinski definition) is 5. The van der Waals surface area contributed by atoms with E-state index < -0.39 is 0 Å². The molecule has 0 bridgehead atoms. The number of hydrogen-bond donors (Lipinski definition) is 2. The highest BCUT2D eigenvalue weighted by atomic mass is 127. The van der Waals surface area contributed by atoms with E-state index in [0.29, 0.717) is 18.8 Å². The lowest BCUT2D eigenvalue weighted by Gasteiger charge is -2.14. The zero-order valence-electron chi connectivity index (χ0n) is 16.8. The van der Waals surface area contributed by atoms with Gasteiger partial charge in [-0.3, -0.25) is 4.99 Å². The van der Waals surface area contributed by atoms with Gasteiger partial charge in [0.25, 0.3) is 0 Å². The van der Waals surface area contributed by atoms with Crippen molar-refractivity contribution in [1.82, 2.24) is 15.6 Å². The van der Waals surface area contributed by atoms with Crippen LogP contribution in [0.1, 0.15) is 37.0 Å². The third-order valence-corrected chi connectivity index (χ3v) is 5.08. The summed E-state index contributed by atoms with van der Waals surface area (Å²) < 4.78 is 10.6. The van der Waals surface area contributed by atoms with Crippen molar-refractivity contribution in [2.75, 3.05) is 21.3 Å². The maximum absolute atomic E-state index is 5.34. The van der Waals surface area contributed by atoms with Gasteiger partial charge in [0.2, 0.25) is 0 Å². The molecule has 8 heteroatoms. The van der Waals surface area contributed by atoms with Crippen molar-refractivity contribution in [3.05, 3.63) is 39.8 Å². The van der Waals surface area contributed by atoms with E-state index in [2.05, 4.69) is 41.8 Å². The first kappa shape index (κ1) is 23.5. The van der Waals surface area contributed by atoms with Gasteiger partial charge in [-0.1, -0.05) is 26.8 Å². The highest BCUT2D eigenvalue weighted by Crippen LogP contribution is 2.27. The predicted octanol–water partition coefficient (Wildman–Crippen LogP) is 3.94. The fourth-order valence-electron chi connectivity index (χ4n) is 2.30. The Balaban J connectivity index is 0.00000364. The minimum atomic E-state index is 0. The molecule has 0 aliphatic carbocycles. The Morgan fingerprint density at radius 2 is 1.78 bits per heavy atom. The molecule has 0 radical (unpaired) electrons. The zero-order chi connectivity index (χ0) is 19.2. The van der Waals surface area contributed by atoms with Crippen LogP contribution in [0.4, 0.5) is 0 Å². The highest BCUT2D eigenvalue weighted by molar-refractivity contribution is 14.0. The molecule has 0 fully saturated rings. The van der Waals surface area contributed by atoms with Crippen molar-refractivity contribution in [2.45, 2.75) is 39.3 Å². The minimum Gasteiger partial charge on any atom is -0.493 e.